The standard InChI is InChI=1S/C12H14N2O6/c1-12(2,3)20-11(17)13-7-5-4-6-8(14(18)19)9(7)10(15)16/h4-6H,1-3H3,(H,13,17)(H,15,16)/p-1. The molecule has 0 saturated carbocycles. The maximum absolute atomic E-state index is 11.6. The molecule has 1 amide bonds. The summed E-state index contributed by atoms with van der Waals surface area (Å²) in [6.45, 7) is 4.87. The van der Waals surface area contributed by atoms with Crippen LogP contribution in [0, 0.1) is 10.1 Å². The van der Waals surface area contributed by atoms with Gasteiger partial charge in [0, 0.05) is 6.07 Å². The van der Waals surface area contributed by atoms with E-state index in [4.69, 9.17) is 4.74 Å². The second kappa shape index (κ2) is 5.55. The Morgan fingerprint density at radius 3 is 2.35 bits per heavy atom. The Labute approximate surface area is 114 Å². The van der Waals surface area contributed by atoms with Crippen LogP contribution in [-0.4, -0.2) is 22.6 Å². The van der Waals surface area contributed by atoms with Crippen molar-refractivity contribution in [3.05, 3.63) is 33.9 Å². The highest BCUT2D eigenvalue weighted by Gasteiger charge is 2.22. The number of nitrogens with zero attached hydrogens (tertiary/aromatic N) is 1. The van der Waals surface area contributed by atoms with E-state index in [1.807, 2.05) is 0 Å². The highest BCUT2D eigenvalue weighted by Crippen LogP contribution is 2.26. The Morgan fingerprint density at radius 1 is 1.30 bits per heavy atom. The molecule has 0 radical (unpaired) electrons. The van der Waals surface area contributed by atoms with Crippen molar-refractivity contribution in [1.29, 1.82) is 0 Å². The summed E-state index contributed by atoms with van der Waals surface area (Å²) >= 11 is 0. The number of nitro benzene ring substituents is 1. The average molecular weight is 281 g/mol. The van der Waals surface area contributed by atoms with Gasteiger partial charge in [-0.25, -0.2) is 4.79 Å². The van der Waals surface area contributed by atoms with Crippen LogP contribution in [0.5, 0.6) is 0 Å². The van der Waals surface area contributed by atoms with E-state index in [9.17, 15) is 24.8 Å². The molecule has 1 rings (SSSR count). The number of anilines is 1. The first kappa shape index (κ1) is 15.4. The van der Waals surface area contributed by atoms with Crippen LogP contribution in [0.3, 0.4) is 0 Å². The molecule has 8 heteroatoms. The van der Waals surface area contributed by atoms with Crippen LogP contribution >= 0.6 is 0 Å². The van der Waals surface area contributed by atoms with Gasteiger partial charge in [0.15, 0.2) is 0 Å². The Morgan fingerprint density at radius 2 is 1.90 bits per heavy atom. The predicted molar refractivity (Wildman–Crippen MR) is 67.3 cm³/mol. The van der Waals surface area contributed by atoms with Crippen LogP contribution in [-0.2, 0) is 4.74 Å². The Balaban J connectivity index is 3.13. The second-order valence-electron chi connectivity index (χ2n) is 4.87. The Bertz CT molecular complexity index is 562. The quantitative estimate of drug-likeness (QED) is 0.658. The first-order valence-electron chi connectivity index (χ1n) is 5.60. The summed E-state index contributed by atoms with van der Waals surface area (Å²) in [5, 5.41) is 23.9. The van der Waals surface area contributed by atoms with E-state index >= 15 is 0 Å². The van der Waals surface area contributed by atoms with E-state index in [0.717, 1.165) is 6.07 Å². The first-order chi connectivity index (χ1) is 9.11. The maximum Gasteiger partial charge on any atom is 0.412 e. The minimum absolute atomic E-state index is 0.256. The summed E-state index contributed by atoms with van der Waals surface area (Å²) in [7, 11) is 0. The number of hydrogen-bond acceptors (Lipinski definition) is 6. The van der Waals surface area contributed by atoms with Crippen molar-refractivity contribution in [2.45, 2.75) is 26.4 Å². The Kier molecular flexibility index (Phi) is 4.28. The summed E-state index contributed by atoms with van der Waals surface area (Å²) < 4.78 is 4.94. The summed E-state index contributed by atoms with van der Waals surface area (Å²) in [5.74, 6) is -1.76. The molecule has 20 heavy (non-hydrogen) atoms. The molecular formula is C12H13N2O6-. The van der Waals surface area contributed by atoms with Gasteiger partial charge in [0.1, 0.15) is 5.60 Å². The highest BCUT2D eigenvalue weighted by atomic mass is 16.6. The fourth-order valence-electron chi connectivity index (χ4n) is 1.42. The fraction of sp³-hybridized carbons (Fsp3) is 0.333. The lowest BCUT2D eigenvalue weighted by Gasteiger charge is -2.20. The molecule has 0 atom stereocenters. The Hall–Kier alpha value is -2.64. The molecule has 0 unspecified atom stereocenters. The number of ether oxygens (including phenoxy) is 1. The van der Waals surface area contributed by atoms with Gasteiger partial charge in [0.25, 0.3) is 5.69 Å². The molecule has 0 fully saturated rings. The number of aromatic carboxylic acids is 1. The van der Waals surface area contributed by atoms with Gasteiger partial charge in [-0.05, 0) is 26.8 Å². The molecule has 0 saturated heterocycles. The molecule has 8 nitrogen and oxygen atoms in total. The molecule has 0 aliphatic heterocycles. The smallest absolute Gasteiger partial charge is 0.412 e. The van der Waals surface area contributed by atoms with Crippen molar-refractivity contribution in [3.8, 4) is 0 Å². The number of carbonyl (C=O) groups excluding carboxylic acids is 2. The van der Waals surface area contributed by atoms with Crippen molar-refractivity contribution in [2.24, 2.45) is 0 Å². The summed E-state index contributed by atoms with van der Waals surface area (Å²) in [4.78, 5) is 32.5. The molecule has 0 aliphatic rings. The van der Waals surface area contributed by atoms with Crippen LogP contribution in [0.2, 0.25) is 0 Å². The fourth-order valence-corrected chi connectivity index (χ4v) is 1.42. The van der Waals surface area contributed by atoms with E-state index in [1.165, 1.54) is 12.1 Å². The van der Waals surface area contributed by atoms with Gasteiger partial charge in [-0.2, -0.15) is 0 Å². The maximum atomic E-state index is 11.6. The van der Waals surface area contributed by atoms with Crippen LogP contribution in [0.1, 0.15) is 31.1 Å². The number of nitro groups is 1. The predicted octanol–water partition coefficient (Wildman–Crippen LogP) is 1.31. The van der Waals surface area contributed by atoms with Crippen LogP contribution in [0.25, 0.3) is 0 Å². The third-order valence-electron chi connectivity index (χ3n) is 2.08. The van der Waals surface area contributed by atoms with Gasteiger partial charge in [-0.1, -0.05) is 6.07 Å². The molecule has 0 aliphatic carbocycles. The zero-order valence-corrected chi connectivity index (χ0v) is 11.1. The average Bonchev–Trinajstić information content (AvgIpc) is 2.25. The molecule has 1 aromatic rings. The van der Waals surface area contributed by atoms with E-state index in [-0.39, 0.29) is 5.69 Å². The molecule has 0 bridgehead atoms. The zero-order chi connectivity index (χ0) is 15.5. The number of carboxylic acid groups (broad SMARTS) is 1. The molecule has 0 aromatic heterocycles. The largest absolute Gasteiger partial charge is 0.544 e. The first-order valence-corrected chi connectivity index (χ1v) is 5.60. The number of rotatable bonds is 3. The van der Waals surface area contributed by atoms with E-state index in [2.05, 4.69) is 5.32 Å². The van der Waals surface area contributed by atoms with Crippen molar-refractivity contribution in [3.63, 3.8) is 0 Å². The van der Waals surface area contributed by atoms with Crippen molar-refractivity contribution < 1.29 is 24.4 Å². The monoisotopic (exact) mass is 281 g/mol. The van der Waals surface area contributed by atoms with E-state index < -0.39 is 33.8 Å². The van der Waals surface area contributed by atoms with Gasteiger partial charge in [0.05, 0.1) is 22.1 Å². The lowest BCUT2D eigenvalue weighted by atomic mass is 10.1. The third-order valence-corrected chi connectivity index (χ3v) is 2.08. The molecule has 108 valence electrons. The van der Waals surface area contributed by atoms with E-state index in [1.54, 1.807) is 20.8 Å². The highest BCUT2D eigenvalue weighted by molar-refractivity contribution is 6.01. The SMILES string of the molecule is CC(C)(C)OC(=O)Nc1cccc([N+](=O)[O-])c1C(=O)[O-]. The summed E-state index contributed by atoms with van der Waals surface area (Å²) in [5.41, 5.74) is -2.41. The molecule has 1 N–H and O–H groups in total. The van der Waals surface area contributed by atoms with Gasteiger partial charge >= 0.3 is 6.09 Å². The number of amides is 1. The lowest BCUT2D eigenvalue weighted by Crippen LogP contribution is -2.29. The summed E-state index contributed by atoms with van der Waals surface area (Å²) in [6, 6.07) is 3.46. The summed E-state index contributed by atoms with van der Waals surface area (Å²) in [6.07, 6.45) is -0.916. The number of nitrogens with one attached hydrogen (secondary N) is 1. The number of benzene rings is 1. The van der Waals surface area contributed by atoms with Crippen molar-refractivity contribution in [1.82, 2.24) is 0 Å². The van der Waals surface area contributed by atoms with Crippen molar-refractivity contribution >= 4 is 23.4 Å². The van der Waals surface area contributed by atoms with Gasteiger partial charge in [0.2, 0.25) is 0 Å². The number of hydrogen-bond donors (Lipinski definition) is 1. The third kappa shape index (κ3) is 3.94. The second-order valence-corrected chi connectivity index (χ2v) is 4.87. The number of carboxylic acids is 1. The minimum Gasteiger partial charge on any atom is -0.544 e. The van der Waals surface area contributed by atoms with Crippen LogP contribution in [0.4, 0.5) is 16.2 Å². The van der Waals surface area contributed by atoms with Gasteiger partial charge < -0.3 is 14.6 Å². The van der Waals surface area contributed by atoms with Crippen molar-refractivity contribution in [2.75, 3.05) is 5.32 Å². The van der Waals surface area contributed by atoms with E-state index in [0.29, 0.717) is 0 Å². The van der Waals surface area contributed by atoms with Crippen LogP contribution < -0.4 is 10.4 Å². The lowest BCUT2D eigenvalue weighted by molar-refractivity contribution is -0.385. The van der Waals surface area contributed by atoms with Gasteiger partial charge in [-0.15, -0.1) is 0 Å². The molecule has 1 aromatic carbocycles. The van der Waals surface area contributed by atoms with Gasteiger partial charge in [-0.3, -0.25) is 15.4 Å². The molecule has 0 spiro atoms. The normalized spacial score (nSPS) is 10.8. The zero-order valence-electron chi connectivity index (χ0n) is 11.1. The minimum atomic E-state index is -1.76. The molecule has 0 heterocycles. The molecular weight excluding hydrogens is 268 g/mol. The number of carbonyl (C=O) groups is 2. The van der Waals surface area contributed by atoms with Crippen LogP contribution in [0.15, 0.2) is 18.2 Å². The topological polar surface area (TPSA) is 122 Å².